The smallest absolute Gasteiger partial charge is 0.303 e. The quantitative estimate of drug-likeness (QED) is 0.714. The molecule has 1 unspecified atom stereocenters. The standard InChI is InChI=1S/C14H28N2O4S/c1-12(2)9-13(10-14(17)18)11-15-21(19,20)16-7-5-3-4-6-8-16/h12-13,15H,3-11H2,1-2H3,(H,17,18). The number of hydrogen-bond acceptors (Lipinski definition) is 3. The molecule has 1 saturated heterocycles. The third kappa shape index (κ3) is 7.24. The number of hydrogen-bond donors (Lipinski definition) is 2. The van der Waals surface area contributed by atoms with Crippen molar-refractivity contribution in [2.45, 2.75) is 52.4 Å². The van der Waals surface area contributed by atoms with E-state index in [1.54, 1.807) is 0 Å². The van der Waals surface area contributed by atoms with E-state index in [4.69, 9.17) is 5.11 Å². The zero-order chi connectivity index (χ0) is 15.9. The van der Waals surface area contributed by atoms with E-state index in [9.17, 15) is 13.2 Å². The van der Waals surface area contributed by atoms with Crippen LogP contribution in [0.15, 0.2) is 0 Å². The van der Waals surface area contributed by atoms with Crippen LogP contribution < -0.4 is 4.72 Å². The molecule has 1 aliphatic rings. The first-order valence-electron chi connectivity index (χ1n) is 7.78. The van der Waals surface area contributed by atoms with Gasteiger partial charge in [-0.3, -0.25) is 4.79 Å². The normalized spacial score (nSPS) is 19.4. The summed E-state index contributed by atoms with van der Waals surface area (Å²) in [6.07, 6.45) is 4.63. The maximum atomic E-state index is 12.3. The van der Waals surface area contributed by atoms with Gasteiger partial charge in [0.25, 0.3) is 10.2 Å². The van der Waals surface area contributed by atoms with Gasteiger partial charge in [-0.05, 0) is 31.1 Å². The van der Waals surface area contributed by atoms with Gasteiger partial charge >= 0.3 is 5.97 Å². The van der Waals surface area contributed by atoms with Crippen molar-refractivity contribution in [1.29, 1.82) is 0 Å². The summed E-state index contributed by atoms with van der Waals surface area (Å²) in [7, 11) is -3.48. The van der Waals surface area contributed by atoms with Crippen LogP contribution in [0.25, 0.3) is 0 Å². The largest absolute Gasteiger partial charge is 0.481 e. The predicted octanol–water partition coefficient (Wildman–Crippen LogP) is 1.83. The molecule has 7 heteroatoms. The molecule has 0 amide bonds. The Kier molecular flexibility index (Phi) is 7.62. The van der Waals surface area contributed by atoms with Gasteiger partial charge in [0, 0.05) is 26.1 Å². The molecule has 1 atom stereocenters. The van der Waals surface area contributed by atoms with Crippen molar-refractivity contribution in [2.75, 3.05) is 19.6 Å². The minimum atomic E-state index is -3.48. The second-order valence-corrected chi connectivity index (χ2v) is 8.02. The number of carboxylic acid groups (broad SMARTS) is 1. The van der Waals surface area contributed by atoms with E-state index in [1.807, 2.05) is 13.8 Å². The van der Waals surface area contributed by atoms with Gasteiger partial charge in [-0.25, -0.2) is 4.72 Å². The fourth-order valence-electron chi connectivity index (χ4n) is 2.75. The van der Waals surface area contributed by atoms with E-state index >= 15 is 0 Å². The lowest BCUT2D eigenvalue weighted by molar-refractivity contribution is -0.138. The molecule has 0 radical (unpaired) electrons. The summed E-state index contributed by atoms with van der Waals surface area (Å²) in [5.41, 5.74) is 0. The van der Waals surface area contributed by atoms with Crippen molar-refractivity contribution in [3.8, 4) is 0 Å². The van der Waals surface area contributed by atoms with Crippen LogP contribution in [0.5, 0.6) is 0 Å². The van der Waals surface area contributed by atoms with Crippen LogP contribution in [0, 0.1) is 11.8 Å². The lowest BCUT2D eigenvalue weighted by Crippen LogP contribution is -2.43. The molecule has 0 saturated carbocycles. The molecule has 124 valence electrons. The molecule has 1 heterocycles. The van der Waals surface area contributed by atoms with Crippen molar-refractivity contribution in [2.24, 2.45) is 11.8 Å². The van der Waals surface area contributed by atoms with Gasteiger partial charge in [0.2, 0.25) is 0 Å². The molecule has 1 aliphatic heterocycles. The molecule has 1 fully saturated rings. The monoisotopic (exact) mass is 320 g/mol. The van der Waals surface area contributed by atoms with Crippen LogP contribution in [0.3, 0.4) is 0 Å². The summed E-state index contributed by atoms with van der Waals surface area (Å²) >= 11 is 0. The highest BCUT2D eigenvalue weighted by atomic mass is 32.2. The van der Waals surface area contributed by atoms with Crippen molar-refractivity contribution in [3.05, 3.63) is 0 Å². The second-order valence-electron chi connectivity index (χ2n) is 6.26. The maximum absolute atomic E-state index is 12.3. The highest BCUT2D eigenvalue weighted by Gasteiger charge is 2.24. The van der Waals surface area contributed by atoms with Gasteiger partial charge in [0.1, 0.15) is 0 Å². The Labute approximate surface area is 128 Å². The molecule has 0 aromatic carbocycles. The zero-order valence-electron chi connectivity index (χ0n) is 13.0. The first-order chi connectivity index (χ1) is 9.81. The Hall–Kier alpha value is -0.660. The van der Waals surface area contributed by atoms with Gasteiger partial charge in [0.05, 0.1) is 0 Å². The Morgan fingerprint density at radius 1 is 1.19 bits per heavy atom. The van der Waals surface area contributed by atoms with Crippen LogP contribution in [0.1, 0.15) is 52.4 Å². The Bertz CT molecular complexity index is 415. The second kappa shape index (κ2) is 8.70. The average molecular weight is 320 g/mol. The Morgan fingerprint density at radius 3 is 2.24 bits per heavy atom. The summed E-state index contributed by atoms with van der Waals surface area (Å²) in [6, 6.07) is 0. The number of nitrogens with zero attached hydrogens (tertiary/aromatic N) is 1. The summed E-state index contributed by atoms with van der Waals surface area (Å²) in [5.74, 6) is -0.698. The van der Waals surface area contributed by atoms with Gasteiger partial charge in [-0.1, -0.05) is 26.7 Å². The van der Waals surface area contributed by atoms with Gasteiger partial charge in [-0.2, -0.15) is 12.7 Å². The molecule has 0 spiro atoms. The van der Waals surface area contributed by atoms with E-state index in [-0.39, 0.29) is 18.9 Å². The number of aliphatic carboxylic acids is 1. The minimum Gasteiger partial charge on any atom is -0.481 e. The molecular formula is C14H28N2O4S. The van der Waals surface area contributed by atoms with E-state index in [1.165, 1.54) is 4.31 Å². The molecule has 0 aromatic heterocycles. The van der Waals surface area contributed by atoms with E-state index in [0.29, 0.717) is 25.4 Å². The third-order valence-corrected chi connectivity index (χ3v) is 5.30. The van der Waals surface area contributed by atoms with Crippen molar-refractivity contribution < 1.29 is 18.3 Å². The number of carbonyl (C=O) groups is 1. The summed E-state index contributed by atoms with van der Waals surface area (Å²) in [5, 5.41) is 8.92. The van der Waals surface area contributed by atoms with Crippen LogP contribution in [0.4, 0.5) is 0 Å². The van der Waals surface area contributed by atoms with Crippen molar-refractivity contribution >= 4 is 16.2 Å². The van der Waals surface area contributed by atoms with Gasteiger partial charge in [-0.15, -0.1) is 0 Å². The fraction of sp³-hybridized carbons (Fsp3) is 0.929. The highest BCUT2D eigenvalue weighted by Crippen LogP contribution is 2.16. The molecule has 0 aliphatic carbocycles. The SMILES string of the molecule is CC(C)CC(CNS(=O)(=O)N1CCCCCC1)CC(=O)O. The molecular weight excluding hydrogens is 292 g/mol. The van der Waals surface area contributed by atoms with E-state index < -0.39 is 16.2 Å². The highest BCUT2D eigenvalue weighted by molar-refractivity contribution is 7.87. The van der Waals surface area contributed by atoms with Crippen LogP contribution in [0.2, 0.25) is 0 Å². The lowest BCUT2D eigenvalue weighted by Gasteiger charge is -2.23. The molecule has 21 heavy (non-hydrogen) atoms. The first-order valence-corrected chi connectivity index (χ1v) is 9.22. The topological polar surface area (TPSA) is 86.7 Å². The van der Waals surface area contributed by atoms with Gasteiger partial charge < -0.3 is 5.11 Å². The molecule has 0 bridgehead atoms. The van der Waals surface area contributed by atoms with Crippen molar-refractivity contribution in [3.63, 3.8) is 0 Å². The average Bonchev–Trinajstić information content (AvgIpc) is 2.64. The molecule has 1 rings (SSSR count). The third-order valence-electron chi connectivity index (χ3n) is 3.73. The van der Waals surface area contributed by atoms with Gasteiger partial charge in [0.15, 0.2) is 0 Å². The Balaban J connectivity index is 2.57. The zero-order valence-corrected chi connectivity index (χ0v) is 13.9. The summed E-state index contributed by atoms with van der Waals surface area (Å²) < 4.78 is 28.7. The number of rotatable bonds is 8. The number of carboxylic acids is 1. The summed E-state index contributed by atoms with van der Waals surface area (Å²) in [6.45, 7) is 5.34. The van der Waals surface area contributed by atoms with Crippen LogP contribution >= 0.6 is 0 Å². The first kappa shape index (κ1) is 18.4. The van der Waals surface area contributed by atoms with Crippen LogP contribution in [-0.4, -0.2) is 43.4 Å². The summed E-state index contributed by atoms with van der Waals surface area (Å²) in [4.78, 5) is 10.9. The predicted molar refractivity (Wildman–Crippen MR) is 82.2 cm³/mol. The van der Waals surface area contributed by atoms with Crippen molar-refractivity contribution in [1.82, 2.24) is 9.03 Å². The minimum absolute atomic E-state index is 0.000694. The molecule has 2 N–H and O–H groups in total. The Morgan fingerprint density at radius 2 is 1.76 bits per heavy atom. The van der Waals surface area contributed by atoms with Crippen LogP contribution in [-0.2, 0) is 15.0 Å². The lowest BCUT2D eigenvalue weighted by atomic mass is 9.94. The molecule has 6 nitrogen and oxygen atoms in total. The fourth-order valence-corrected chi connectivity index (χ4v) is 4.12. The van der Waals surface area contributed by atoms with E-state index in [0.717, 1.165) is 25.7 Å². The molecule has 0 aromatic rings. The van der Waals surface area contributed by atoms with E-state index in [2.05, 4.69) is 4.72 Å². The maximum Gasteiger partial charge on any atom is 0.303 e. The number of nitrogens with one attached hydrogen (secondary N) is 1.